The number of nitrogens with zero attached hydrogens (tertiary/aromatic N) is 3. The fraction of sp³-hybridized carbons (Fsp3) is 0.571. The van der Waals surface area contributed by atoms with Crippen molar-refractivity contribution < 1.29 is 18.8 Å². The number of likely N-dealkylation sites (tertiary alicyclic amines) is 1. The number of nitrogens with two attached hydrogens (primary N) is 1. The van der Waals surface area contributed by atoms with Gasteiger partial charge in [-0.1, -0.05) is 12.1 Å². The van der Waals surface area contributed by atoms with Crippen molar-refractivity contribution in [2.75, 3.05) is 33.7 Å². The first-order valence-electron chi connectivity index (χ1n) is 9.91. The number of hydrogen-bond donors (Lipinski definition) is 1. The molecule has 1 unspecified atom stereocenters. The number of likely N-dealkylation sites (N-methyl/N-ethyl adjacent to an activating group) is 1. The molecule has 8 heteroatoms. The highest BCUT2D eigenvalue weighted by atomic mass is 19.1. The molecule has 0 aromatic heterocycles. The number of halogens is 1. The predicted molar refractivity (Wildman–Crippen MR) is 108 cm³/mol. The zero-order valence-electron chi connectivity index (χ0n) is 17.6. The Hall–Kier alpha value is -2.48. The van der Waals surface area contributed by atoms with Crippen molar-refractivity contribution in [3.05, 3.63) is 35.6 Å². The van der Waals surface area contributed by atoms with Gasteiger partial charge in [0.15, 0.2) is 0 Å². The van der Waals surface area contributed by atoms with E-state index in [9.17, 15) is 18.8 Å². The number of primary amides is 1. The molecule has 1 aliphatic heterocycles. The highest BCUT2D eigenvalue weighted by Crippen LogP contribution is 2.23. The van der Waals surface area contributed by atoms with Gasteiger partial charge in [-0.25, -0.2) is 4.39 Å². The largest absolute Gasteiger partial charge is 0.368 e. The van der Waals surface area contributed by atoms with Gasteiger partial charge in [0.05, 0.1) is 6.54 Å². The Labute approximate surface area is 171 Å². The number of carbonyl (C=O) groups is 3. The molecule has 3 amide bonds. The van der Waals surface area contributed by atoms with Gasteiger partial charge in [-0.15, -0.1) is 0 Å². The van der Waals surface area contributed by atoms with Crippen molar-refractivity contribution in [2.24, 2.45) is 11.7 Å². The Morgan fingerprint density at radius 1 is 1.21 bits per heavy atom. The second-order valence-electron chi connectivity index (χ2n) is 7.97. The molecular formula is C21H31FN4O3. The summed E-state index contributed by atoms with van der Waals surface area (Å²) >= 11 is 0. The van der Waals surface area contributed by atoms with Crippen LogP contribution in [-0.2, 0) is 14.4 Å². The van der Waals surface area contributed by atoms with Gasteiger partial charge in [0.2, 0.25) is 17.7 Å². The van der Waals surface area contributed by atoms with Crippen LogP contribution in [0.25, 0.3) is 0 Å². The first-order valence-corrected chi connectivity index (χ1v) is 9.91. The van der Waals surface area contributed by atoms with Crippen molar-refractivity contribution >= 4 is 17.7 Å². The number of piperidine rings is 1. The molecule has 1 fully saturated rings. The summed E-state index contributed by atoms with van der Waals surface area (Å²) in [6, 6.07) is 4.90. The second kappa shape index (κ2) is 9.82. The molecule has 1 aliphatic rings. The van der Waals surface area contributed by atoms with Crippen LogP contribution in [0, 0.1) is 11.7 Å². The van der Waals surface area contributed by atoms with Crippen LogP contribution in [-0.4, -0.2) is 72.2 Å². The highest BCUT2D eigenvalue weighted by molar-refractivity contribution is 5.84. The van der Waals surface area contributed by atoms with Gasteiger partial charge in [-0.3, -0.25) is 19.3 Å². The zero-order chi connectivity index (χ0) is 21.7. The molecule has 1 heterocycles. The van der Waals surface area contributed by atoms with Gasteiger partial charge >= 0.3 is 0 Å². The molecule has 160 valence electrons. The number of benzene rings is 1. The van der Waals surface area contributed by atoms with Gasteiger partial charge in [-0.05, 0) is 51.4 Å². The number of rotatable bonds is 7. The zero-order valence-corrected chi connectivity index (χ0v) is 17.6. The van der Waals surface area contributed by atoms with E-state index < -0.39 is 17.8 Å². The summed E-state index contributed by atoms with van der Waals surface area (Å²) in [5.74, 6) is -1.21. The quantitative estimate of drug-likeness (QED) is 0.741. The standard InChI is InChI=1S/C21H31FN4O3/c1-14(2)25(4)21(29)15-8-10-26(11-9-15)18(27)13-24(3)19(20(23)28)16-6-5-7-17(22)12-16/h5-7,12,14-15,19H,8-11,13H2,1-4H3,(H2,23,28). The van der Waals surface area contributed by atoms with E-state index in [4.69, 9.17) is 5.73 Å². The number of amides is 3. The lowest BCUT2D eigenvalue weighted by Gasteiger charge is -2.35. The summed E-state index contributed by atoms with van der Waals surface area (Å²) in [6.45, 7) is 4.92. The van der Waals surface area contributed by atoms with Crippen molar-refractivity contribution in [1.82, 2.24) is 14.7 Å². The summed E-state index contributed by atoms with van der Waals surface area (Å²) in [4.78, 5) is 42.1. The van der Waals surface area contributed by atoms with Gasteiger partial charge < -0.3 is 15.5 Å². The minimum absolute atomic E-state index is 0.0192. The molecular weight excluding hydrogens is 375 g/mol. The van der Waals surface area contributed by atoms with E-state index in [-0.39, 0.29) is 30.3 Å². The van der Waals surface area contributed by atoms with Crippen LogP contribution >= 0.6 is 0 Å². The van der Waals surface area contributed by atoms with Crippen LogP contribution in [0.4, 0.5) is 4.39 Å². The van der Waals surface area contributed by atoms with Gasteiger partial charge in [0, 0.05) is 32.1 Å². The topological polar surface area (TPSA) is 87.0 Å². The lowest BCUT2D eigenvalue weighted by atomic mass is 9.95. The average Bonchev–Trinajstić information content (AvgIpc) is 2.66. The molecule has 1 aromatic carbocycles. The Morgan fingerprint density at radius 3 is 2.34 bits per heavy atom. The Kier molecular flexibility index (Phi) is 7.73. The molecule has 0 bridgehead atoms. The molecule has 7 nitrogen and oxygen atoms in total. The smallest absolute Gasteiger partial charge is 0.239 e. The average molecular weight is 407 g/mol. The number of carbonyl (C=O) groups excluding carboxylic acids is 3. The molecule has 0 saturated carbocycles. The van der Waals surface area contributed by atoms with E-state index in [0.29, 0.717) is 31.5 Å². The van der Waals surface area contributed by atoms with Crippen molar-refractivity contribution in [3.8, 4) is 0 Å². The first-order chi connectivity index (χ1) is 13.6. The number of hydrogen-bond acceptors (Lipinski definition) is 4. The van der Waals surface area contributed by atoms with E-state index in [0.717, 1.165) is 0 Å². The van der Waals surface area contributed by atoms with Crippen molar-refractivity contribution in [2.45, 2.75) is 38.8 Å². The maximum Gasteiger partial charge on any atom is 0.239 e. The van der Waals surface area contributed by atoms with Crippen LogP contribution < -0.4 is 5.73 Å². The molecule has 2 N–H and O–H groups in total. The second-order valence-corrected chi connectivity index (χ2v) is 7.97. The van der Waals surface area contributed by atoms with Crippen LogP contribution in [0.3, 0.4) is 0 Å². The third-order valence-corrected chi connectivity index (χ3v) is 5.58. The molecule has 29 heavy (non-hydrogen) atoms. The molecule has 0 radical (unpaired) electrons. The van der Waals surface area contributed by atoms with Crippen LogP contribution in [0.5, 0.6) is 0 Å². The van der Waals surface area contributed by atoms with Crippen molar-refractivity contribution in [1.29, 1.82) is 0 Å². The summed E-state index contributed by atoms with van der Waals surface area (Å²) in [6.07, 6.45) is 1.24. The van der Waals surface area contributed by atoms with Crippen molar-refractivity contribution in [3.63, 3.8) is 0 Å². The summed E-state index contributed by atoms with van der Waals surface area (Å²) < 4.78 is 13.5. The molecule has 0 aliphatic carbocycles. The Morgan fingerprint density at radius 2 is 1.83 bits per heavy atom. The lowest BCUT2D eigenvalue weighted by Crippen LogP contribution is -2.48. The van der Waals surface area contributed by atoms with E-state index in [1.807, 2.05) is 13.8 Å². The monoisotopic (exact) mass is 406 g/mol. The maximum atomic E-state index is 13.5. The van der Waals surface area contributed by atoms with E-state index in [2.05, 4.69) is 0 Å². The maximum absolute atomic E-state index is 13.5. The van der Waals surface area contributed by atoms with Crippen LogP contribution in [0.2, 0.25) is 0 Å². The third kappa shape index (κ3) is 5.76. The minimum Gasteiger partial charge on any atom is -0.368 e. The molecule has 1 saturated heterocycles. The fourth-order valence-corrected chi connectivity index (χ4v) is 3.64. The Balaban J connectivity index is 1.96. The SMILES string of the molecule is CC(C)N(C)C(=O)C1CCN(C(=O)CN(C)C(C(N)=O)c2cccc(F)c2)CC1. The van der Waals surface area contributed by atoms with Crippen LogP contribution in [0.15, 0.2) is 24.3 Å². The summed E-state index contributed by atoms with van der Waals surface area (Å²) in [5, 5.41) is 0. The molecule has 0 spiro atoms. The van der Waals surface area contributed by atoms with E-state index in [1.165, 1.54) is 23.1 Å². The van der Waals surface area contributed by atoms with Gasteiger partial charge in [0.25, 0.3) is 0 Å². The minimum atomic E-state index is -0.895. The highest BCUT2D eigenvalue weighted by Gasteiger charge is 2.31. The first kappa shape index (κ1) is 22.8. The molecule has 1 atom stereocenters. The third-order valence-electron chi connectivity index (χ3n) is 5.58. The predicted octanol–water partition coefficient (Wildman–Crippen LogP) is 1.39. The van der Waals surface area contributed by atoms with Gasteiger partial charge in [-0.2, -0.15) is 0 Å². The molecule has 1 aromatic rings. The van der Waals surface area contributed by atoms with Gasteiger partial charge in [0.1, 0.15) is 11.9 Å². The van der Waals surface area contributed by atoms with Crippen LogP contribution in [0.1, 0.15) is 38.3 Å². The fourth-order valence-electron chi connectivity index (χ4n) is 3.64. The van der Waals surface area contributed by atoms with E-state index >= 15 is 0 Å². The lowest BCUT2D eigenvalue weighted by molar-refractivity contribution is -0.141. The molecule has 2 rings (SSSR count). The summed E-state index contributed by atoms with van der Waals surface area (Å²) in [7, 11) is 3.42. The summed E-state index contributed by atoms with van der Waals surface area (Å²) in [5.41, 5.74) is 5.92. The Bertz CT molecular complexity index is 747. The van der Waals surface area contributed by atoms with E-state index in [1.54, 1.807) is 30.0 Å². The normalized spacial score (nSPS) is 16.2.